The molecule has 78 valence electrons. The van der Waals surface area contributed by atoms with Crippen molar-refractivity contribution < 1.29 is 5.11 Å². The standard InChI is InChI=1S/C11H23NO/c1-3-9-6-5-7-11(9,13)10(4-2)8-12/h9-10,13H,3-8,12H2,1-2H3. The van der Waals surface area contributed by atoms with Crippen LogP contribution in [0.2, 0.25) is 0 Å². The van der Waals surface area contributed by atoms with Crippen LogP contribution in [0, 0.1) is 11.8 Å². The second kappa shape index (κ2) is 4.43. The van der Waals surface area contributed by atoms with Crippen LogP contribution in [0.15, 0.2) is 0 Å². The first-order chi connectivity index (χ1) is 6.19. The van der Waals surface area contributed by atoms with Gasteiger partial charge in [0.1, 0.15) is 0 Å². The summed E-state index contributed by atoms with van der Waals surface area (Å²) in [5.41, 5.74) is 5.26. The minimum Gasteiger partial charge on any atom is -0.389 e. The SMILES string of the molecule is CCC(CN)C1(O)CCCC1CC. The summed E-state index contributed by atoms with van der Waals surface area (Å²) in [7, 11) is 0. The van der Waals surface area contributed by atoms with Gasteiger partial charge in [0, 0.05) is 0 Å². The van der Waals surface area contributed by atoms with Crippen molar-refractivity contribution in [1.29, 1.82) is 0 Å². The molecular weight excluding hydrogens is 162 g/mol. The number of nitrogens with two attached hydrogens (primary N) is 1. The normalized spacial score (nSPS) is 36.5. The summed E-state index contributed by atoms with van der Waals surface area (Å²) in [4.78, 5) is 0. The highest BCUT2D eigenvalue weighted by molar-refractivity contribution is 4.96. The summed E-state index contributed by atoms with van der Waals surface area (Å²) in [5.74, 6) is 0.793. The van der Waals surface area contributed by atoms with Crippen molar-refractivity contribution in [2.24, 2.45) is 17.6 Å². The van der Waals surface area contributed by atoms with Gasteiger partial charge in [-0.1, -0.05) is 26.7 Å². The van der Waals surface area contributed by atoms with Crippen molar-refractivity contribution in [3.8, 4) is 0 Å². The molecule has 0 spiro atoms. The van der Waals surface area contributed by atoms with Crippen LogP contribution in [-0.2, 0) is 0 Å². The Morgan fingerprint density at radius 1 is 1.54 bits per heavy atom. The van der Waals surface area contributed by atoms with Crippen LogP contribution in [0.4, 0.5) is 0 Å². The first kappa shape index (κ1) is 11.0. The zero-order chi connectivity index (χ0) is 9.90. The molecule has 0 heterocycles. The maximum atomic E-state index is 10.5. The summed E-state index contributed by atoms with van der Waals surface area (Å²) < 4.78 is 0. The van der Waals surface area contributed by atoms with E-state index in [1.54, 1.807) is 0 Å². The minimum atomic E-state index is -0.446. The fraction of sp³-hybridized carbons (Fsp3) is 1.00. The molecule has 2 nitrogen and oxygen atoms in total. The predicted octanol–water partition coefficient (Wildman–Crippen LogP) is 1.91. The Labute approximate surface area is 81.5 Å². The minimum absolute atomic E-state index is 0.306. The number of hydrogen-bond donors (Lipinski definition) is 2. The van der Waals surface area contributed by atoms with Crippen LogP contribution in [0.5, 0.6) is 0 Å². The van der Waals surface area contributed by atoms with Crippen LogP contribution in [0.1, 0.15) is 46.0 Å². The Kier molecular flexibility index (Phi) is 3.74. The molecule has 1 fully saturated rings. The van der Waals surface area contributed by atoms with E-state index in [2.05, 4.69) is 13.8 Å². The highest BCUT2D eigenvalue weighted by Gasteiger charge is 2.44. The molecule has 0 saturated heterocycles. The number of aliphatic hydroxyl groups is 1. The molecular formula is C11H23NO. The summed E-state index contributed by atoms with van der Waals surface area (Å²) in [6, 6.07) is 0. The van der Waals surface area contributed by atoms with Gasteiger partial charge >= 0.3 is 0 Å². The first-order valence-electron chi connectivity index (χ1n) is 5.61. The van der Waals surface area contributed by atoms with Gasteiger partial charge in [-0.25, -0.2) is 0 Å². The summed E-state index contributed by atoms with van der Waals surface area (Å²) in [6.45, 7) is 4.92. The Morgan fingerprint density at radius 2 is 2.23 bits per heavy atom. The Hall–Kier alpha value is -0.0800. The van der Waals surface area contributed by atoms with Gasteiger partial charge < -0.3 is 10.8 Å². The summed E-state index contributed by atoms with van der Waals surface area (Å²) in [5, 5.41) is 10.5. The maximum Gasteiger partial charge on any atom is 0.0715 e. The lowest BCUT2D eigenvalue weighted by Crippen LogP contribution is -2.44. The molecule has 0 aliphatic heterocycles. The van der Waals surface area contributed by atoms with Gasteiger partial charge in [-0.2, -0.15) is 0 Å². The molecule has 2 heteroatoms. The second-order valence-electron chi connectivity index (χ2n) is 4.33. The van der Waals surface area contributed by atoms with Crippen molar-refractivity contribution in [3.05, 3.63) is 0 Å². The monoisotopic (exact) mass is 185 g/mol. The van der Waals surface area contributed by atoms with Gasteiger partial charge in [-0.15, -0.1) is 0 Å². The number of hydrogen-bond acceptors (Lipinski definition) is 2. The molecule has 0 aromatic carbocycles. The Bertz CT molecular complexity index is 156. The lowest BCUT2D eigenvalue weighted by molar-refractivity contribution is -0.0511. The highest BCUT2D eigenvalue weighted by atomic mass is 16.3. The molecule has 1 rings (SSSR count). The third kappa shape index (κ3) is 1.89. The topological polar surface area (TPSA) is 46.2 Å². The van der Waals surface area contributed by atoms with Gasteiger partial charge in [-0.3, -0.25) is 0 Å². The van der Waals surface area contributed by atoms with Gasteiger partial charge in [0.2, 0.25) is 0 Å². The van der Waals surface area contributed by atoms with Gasteiger partial charge in [-0.05, 0) is 37.6 Å². The largest absolute Gasteiger partial charge is 0.389 e. The van der Waals surface area contributed by atoms with E-state index >= 15 is 0 Å². The van der Waals surface area contributed by atoms with Crippen LogP contribution in [0.3, 0.4) is 0 Å². The van der Waals surface area contributed by atoms with Crippen LogP contribution in [-0.4, -0.2) is 17.3 Å². The molecule has 0 aromatic rings. The van der Waals surface area contributed by atoms with E-state index < -0.39 is 5.60 Å². The summed E-state index contributed by atoms with van der Waals surface area (Å²) in [6.07, 6.45) is 5.41. The van der Waals surface area contributed by atoms with E-state index in [0.29, 0.717) is 18.4 Å². The van der Waals surface area contributed by atoms with Gasteiger partial charge in [0.15, 0.2) is 0 Å². The molecule has 1 aliphatic rings. The summed E-state index contributed by atoms with van der Waals surface area (Å²) >= 11 is 0. The molecule has 13 heavy (non-hydrogen) atoms. The second-order valence-corrected chi connectivity index (χ2v) is 4.33. The van der Waals surface area contributed by atoms with Crippen molar-refractivity contribution in [2.45, 2.75) is 51.6 Å². The maximum absolute atomic E-state index is 10.5. The van der Waals surface area contributed by atoms with E-state index in [1.165, 1.54) is 12.8 Å². The zero-order valence-electron chi connectivity index (χ0n) is 8.92. The molecule has 0 aromatic heterocycles. The zero-order valence-corrected chi connectivity index (χ0v) is 8.92. The average Bonchev–Trinajstić information content (AvgIpc) is 2.49. The Morgan fingerprint density at radius 3 is 2.69 bits per heavy atom. The first-order valence-corrected chi connectivity index (χ1v) is 5.61. The molecule has 3 atom stereocenters. The molecule has 1 saturated carbocycles. The molecule has 0 radical (unpaired) electrons. The van der Waals surface area contributed by atoms with Crippen molar-refractivity contribution in [1.82, 2.24) is 0 Å². The van der Waals surface area contributed by atoms with Crippen LogP contribution >= 0.6 is 0 Å². The Balaban J connectivity index is 2.71. The molecule has 3 N–H and O–H groups in total. The molecule has 3 unspecified atom stereocenters. The van der Waals surface area contributed by atoms with E-state index in [1.807, 2.05) is 0 Å². The van der Waals surface area contributed by atoms with Gasteiger partial charge in [0.05, 0.1) is 5.60 Å². The van der Waals surface area contributed by atoms with E-state index in [0.717, 1.165) is 19.3 Å². The predicted molar refractivity (Wildman–Crippen MR) is 55.4 cm³/mol. The van der Waals surface area contributed by atoms with E-state index in [4.69, 9.17) is 5.73 Å². The van der Waals surface area contributed by atoms with Crippen molar-refractivity contribution >= 4 is 0 Å². The molecule has 1 aliphatic carbocycles. The van der Waals surface area contributed by atoms with E-state index in [-0.39, 0.29) is 0 Å². The van der Waals surface area contributed by atoms with Crippen molar-refractivity contribution in [3.63, 3.8) is 0 Å². The highest BCUT2D eigenvalue weighted by Crippen LogP contribution is 2.43. The van der Waals surface area contributed by atoms with Crippen LogP contribution in [0.25, 0.3) is 0 Å². The smallest absolute Gasteiger partial charge is 0.0715 e. The average molecular weight is 185 g/mol. The van der Waals surface area contributed by atoms with Gasteiger partial charge in [0.25, 0.3) is 0 Å². The third-order valence-electron chi connectivity index (χ3n) is 3.81. The lowest BCUT2D eigenvalue weighted by Gasteiger charge is -2.36. The van der Waals surface area contributed by atoms with Crippen molar-refractivity contribution in [2.75, 3.05) is 6.54 Å². The molecule has 0 bridgehead atoms. The quantitative estimate of drug-likeness (QED) is 0.703. The lowest BCUT2D eigenvalue weighted by atomic mass is 9.76. The fourth-order valence-electron chi connectivity index (χ4n) is 2.90. The molecule has 0 amide bonds. The number of rotatable bonds is 4. The fourth-order valence-corrected chi connectivity index (χ4v) is 2.90. The van der Waals surface area contributed by atoms with Crippen LogP contribution < -0.4 is 5.73 Å². The third-order valence-corrected chi connectivity index (χ3v) is 3.81. The van der Waals surface area contributed by atoms with E-state index in [9.17, 15) is 5.11 Å².